The molecule has 3 rings (SSSR count). The summed E-state index contributed by atoms with van der Waals surface area (Å²) in [5.41, 5.74) is 3.62. The summed E-state index contributed by atoms with van der Waals surface area (Å²) in [5, 5.41) is 0.942. The lowest BCUT2D eigenvalue weighted by atomic mass is 10.0. The minimum Gasteiger partial charge on any atom is -0.360 e. The van der Waals surface area contributed by atoms with Crippen molar-refractivity contribution in [3.8, 4) is 0 Å². The predicted octanol–water partition coefficient (Wildman–Crippen LogP) is 4.04. The molecular weight excluding hydrogens is 253 g/mol. The number of ketones is 1. The van der Waals surface area contributed by atoms with Crippen LogP contribution in [0.25, 0.3) is 10.9 Å². The quantitative estimate of drug-likeness (QED) is 0.714. The molecule has 2 nitrogen and oxygen atoms in total. The minimum atomic E-state index is -0.288. The summed E-state index contributed by atoms with van der Waals surface area (Å²) in [5.74, 6) is -0.252. The van der Waals surface area contributed by atoms with Gasteiger partial charge in [-0.2, -0.15) is 0 Å². The van der Waals surface area contributed by atoms with E-state index >= 15 is 0 Å². The molecule has 0 atom stereocenters. The number of aromatic amines is 1. The molecule has 0 radical (unpaired) electrons. The second-order valence-electron chi connectivity index (χ2n) is 4.93. The Hall–Kier alpha value is -2.42. The van der Waals surface area contributed by atoms with Crippen LogP contribution in [0.3, 0.4) is 0 Å². The third-order valence-corrected chi connectivity index (χ3v) is 3.50. The fraction of sp³-hybridized carbons (Fsp3) is 0.118. The van der Waals surface area contributed by atoms with Gasteiger partial charge in [0.05, 0.1) is 0 Å². The first kappa shape index (κ1) is 12.6. The van der Waals surface area contributed by atoms with Gasteiger partial charge in [-0.25, -0.2) is 4.39 Å². The molecular formula is C17H14FNO. The molecule has 1 heterocycles. The second-order valence-corrected chi connectivity index (χ2v) is 4.93. The van der Waals surface area contributed by atoms with E-state index in [1.165, 1.54) is 12.1 Å². The van der Waals surface area contributed by atoms with E-state index in [0.717, 1.165) is 22.0 Å². The molecule has 3 heteroatoms. The van der Waals surface area contributed by atoms with Gasteiger partial charge in [0.1, 0.15) is 5.82 Å². The van der Waals surface area contributed by atoms with Gasteiger partial charge >= 0.3 is 0 Å². The summed E-state index contributed by atoms with van der Waals surface area (Å²) in [4.78, 5) is 15.5. The Labute approximate surface area is 116 Å². The first-order valence-electron chi connectivity index (χ1n) is 6.49. The molecule has 1 aromatic heterocycles. The smallest absolute Gasteiger partial charge is 0.169 e. The lowest BCUT2D eigenvalue weighted by Crippen LogP contribution is -2.02. The highest BCUT2D eigenvalue weighted by atomic mass is 19.1. The van der Waals surface area contributed by atoms with Crippen LogP contribution in [0.15, 0.2) is 48.7 Å². The van der Waals surface area contributed by atoms with Gasteiger partial charge < -0.3 is 4.98 Å². The van der Waals surface area contributed by atoms with Crippen LogP contribution < -0.4 is 0 Å². The number of fused-ring (bicyclic) bond motifs is 1. The molecule has 0 unspecified atom stereocenters. The Morgan fingerprint density at radius 1 is 1.15 bits per heavy atom. The third-order valence-electron chi connectivity index (χ3n) is 3.50. The van der Waals surface area contributed by atoms with Gasteiger partial charge in [0.15, 0.2) is 5.78 Å². The van der Waals surface area contributed by atoms with Crippen LogP contribution in [0, 0.1) is 12.7 Å². The number of nitrogens with one attached hydrogen (secondary N) is 1. The maximum atomic E-state index is 12.9. The molecule has 20 heavy (non-hydrogen) atoms. The molecule has 0 spiro atoms. The number of rotatable bonds is 3. The van der Waals surface area contributed by atoms with Gasteiger partial charge in [0.25, 0.3) is 0 Å². The summed E-state index contributed by atoms with van der Waals surface area (Å²) in [6, 6.07) is 11.9. The Kier molecular flexibility index (Phi) is 3.11. The standard InChI is InChI=1S/C17H14FNO/c1-11-3-2-4-14-15(10-19-17(11)14)16(20)9-12-5-7-13(18)8-6-12/h2-8,10,19H,9H2,1H3. The van der Waals surface area contributed by atoms with E-state index in [0.29, 0.717) is 5.56 Å². The van der Waals surface area contributed by atoms with Crippen molar-refractivity contribution in [3.05, 3.63) is 71.2 Å². The topological polar surface area (TPSA) is 32.9 Å². The van der Waals surface area contributed by atoms with Crippen molar-refractivity contribution in [2.75, 3.05) is 0 Å². The SMILES string of the molecule is Cc1cccc2c(C(=O)Cc3ccc(F)cc3)c[nH]c12. The van der Waals surface area contributed by atoms with Crippen LogP contribution in [0.4, 0.5) is 4.39 Å². The van der Waals surface area contributed by atoms with Gasteiger partial charge in [0, 0.05) is 29.1 Å². The Morgan fingerprint density at radius 3 is 2.65 bits per heavy atom. The van der Waals surface area contributed by atoms with E-state index in [2.05, 4.69) is 4.98 Å². The van der Waals surface area contributed by atoms with Gasteiger partial charge in [0.2, 0.25) is 0 Å². The molecule has 0 fully saturated rings. The van der Waals surface area contributed by atoms with E-state index in [1.807, 2.05) is 25.1 Å². The molecule has 0 amide bonds. The van der Waals surface area contributed by atoms with Crippen molar-refractivity contribution in [1.82, 2.24) is 4.98 Å². The predicted molar refractivity (Wildman–Crippen MR) is 77.5 cm³/mol. The van der Waals surface area contributed by atoms with Gasteiger partial charge in [-0.1, -0.05) is 30.3 Å². The van der Waals surface area contributed by atoms with E-state index in [-0.39, 0.29) is 18.0 Å². The summed E-state index contributed by atoms with van der Waals surface area (Å²) in [6.07, 6.45) is 2.03. The number of Topliss-reactive ketones (excluding diaryl/α,β-unsaturated/α-hetero) is 1. The molecule has 0 aliphatic heterocycles. The molecule has 0 aliphatic rings. The largest absolute Gasteiger partial charge is 0.360 e. The first-order valence-corrected chi connectivity index (χ1v) is 6.49. The molecule has 2 aromatic carbocycles. The fourth-order valence-corrected chi connectivity index (χ4v) is 2.42. The molecule has 1 N–H and O–H groups in total. The number of hydrogen-bond acceptors (Lipinski definition) is 1. The van der Waals surface area contributed by atoms with Gasteiger partial charge in [-0.3, -0.25) is 4.79 Å². The summed E-state index contributed by atoms with van der Waals surface area (Å²) >= 11 is 0. The Balaban J connectivity index is 1.93. The van der Waals surface area contributed by atoms with Crippen molar-refractivity contribution in [2.45, 2.75) is 13.3 Å². The maximum Gasteiger partial charge on any atom is 0.169 e. The van der Waals surface area contributed by atoms with E-state index in [4.69, 9.17) is 0 Å². The lowest BCUT2D eigenvalue weighted by molar-refractivity contribution is 0.0994. The van der Waals surface area contributed by atoms with E-state index in [1.54, 1.807) is 18.3 Å². The molecule has 0 bridgehead atoms. The van der Waals surface area contributed by atoms with Crippen LogP contribution in [-0.2, 0) is 6.42 Å². The zero-order chi connectivity index (χ0) is 14.1. The molecule has 100 valence electrons. The van der Waals surface area contributed by atoms with Gasteiger partial charge in [-0.15, -0.1) is 0 Å². The number of H-pyrrole nitrogens is 1. The number of para-hydroxylation sites is 1. The van der Waals surface area contributed by atoms with Crippen LogP contribution in [0.2, 0.25) is 0 Å². The van der Waals surface area contributed by atoms with Gasteiger partial charge in [-0.05, 0) is 30.2 Å². The summed E-state index contributed by atoms with van der Waals surface area (Å²) in [6.45, 7) is 2.01. The second kappa shape index (κ2) is 4.93. The molecule has 0 saturated carbocycles. The van der Waals surface area contributed by atoms with Crippen LogP contribution in [0.1, 0.15) is 21.5 Å². The van der Waals surface area contributed by atoms with Crippen molar-refractivity contribution in [1.29, 1.82) is 0 Å². The van der Waals surface area contributed by atoms with Crippen LogP contribution >= 0.6 is 0 Å². The highest BCUT2D eigenvalue weighted by Crippen LogP contribution is 2.22. The lowest BCUT2D eigenvalue weighted by Gasteiger charge is -2.01. The summed E-state index contributed by atoms with van der Waals surface area (Å²) < 4.78 is 12.9. The molecule has 0 aliphatic carbocycles. The number of carbonyl (C=O) groups is 1. The van der Waals surface area contributed by atoms with Crippen molar-refractivity contribution < 1.29 is 9.18 Å². The molecule has 0 saturated heterocycles. The van der Waals surface area contributed by atoms with Crippen molar-refractivity contribution in [3.63, 3.8) is 0 Å². The summed E-state index contributed by atoms with van der Waals surface area (Å²) in [7, 11) is 0. The van der Waals surface area contributed by atoms with Crippen LogP contribution in [0.5, 0.6) is 0 Å². The number of carbonyl (C=O) groups excluding carboxylic acids is 1. The number of aryl methyl sites for hydroxylation is 1. The minimum absolute atomic E-state index is 0.0356. The normalized spacial score (nSPS) is 10.9. The van der Waals surface area contributed by atoms with Crippen LogP contribution in [-0.4, -0.2) is 10.8 Å². The Bertz CT molecular complexity index is 771. The average Bonchev–Trinajstić information content (AvgIpc) is 2.87. The number of benzene rings is 2. The van der Waals surface area contributed by atoms with Crippen molar-refractivity contribution in [2.24, 2.45) is 0 Å². The fourth-order valence-electron chi connectivity index (χ4n) is 2.42. The zero-order valence-electron chi connectivity index (χ0n) is 11.1. The number of aromatic nitrogens is 1. The average molecular weight is 267 g/mol. The first-order chi connectivity index (χ1) is 9.65. The maximum absolute atomic E-state index is 12.9. The third kappa shape index (κ3) is 2.23. The number of hydrogen-bond donors (Lipinski definition) is 1. The highest BCUT2D eigenvalue weighted by Gasteiger charge is 2.13. The zero-order valence-corrected chi connectivity index (χ0v) is 11.1. The monoisotopic (exact) mass is 267 g/mol. The number of halogens is 1. The van der Waals surface area contributed by atoms with E-state index < -0.39 is 0 Å². The highest BCUT2D eigenvalue weighted by molar-refractivity contribution is 6.09. The van der Waals surface area contributed by atoms with E-state index in [9.17, 15) is 9.18 Å². The Morgan fingerprint density at radius 2 is 1.90 bits per heavy atom. The van der Waals surface area contributed by atoms with Crippen molar-refractivity contribution >= 4 is 16.7 Å². The molecule has 3 aromatic rings.